The van der Waals surface area contributed by atoms with Crippen LogP contribution in [0.5, 0.6) is 0 Å². The Labute approximate surface area is 201 Å². The Kier molecular flexibility index (Phi) is 7.21. The van der Waals surface area contributed by atoms with Gasteiger partial charge in [-0.25, -0.2) is 4.99 Å². The average Bonchev–Trinajstić information content (AvgIpc) is 2.74. The molecule has 0 spiro atoms. The fraction of sp³-hybridized carbons (Fsp3) is 0. The second-order valence-electron chi connectivity index (χ2n) is 5.61. The number of nitrogens with zero attached hydrogens (tertiary/aromatic N) is 2. The third-order valence-electron chi connectivity index (χ3n) is 3.70. The predicted molar refractivity (Wildman–Crippen MR) is 129 cm³/mol. The van der Waals surface area contributed by atoms with E-state index in [1.807, 2.05) is 0 Å². The van der Waals surface area contributed by atoms with Crippen LogP contribution in [0.2, 0.25) is 0 Å². The van der Waals surface area contributed by atoms with Gasteiger partial charge in [0, 0.05) is 5.56 Å². The van der Waals surface area contributed by atoms with Crippen LogP contribution in [-0.4, -0.2) is 25.7 Å². The quantitative estimate of drug-likeness (QED) is 0.235. The number of halogens is 4. The van der Waals surface area contributed by atoms with E-state index in [-0.39, 0.29) is 25.5 Å². The van der Waals surface area contributed by atoms with Crippen LogP contribution in [0.15, 0.2) is 92.9 Å². The maximum Gasteiger partial charge on any atom is 0.284 e. The van der Waals surface area contributed by atoms with Gasteiger partial charge in [0.05, 0.1) is 28.5 Å². The van der Waals surface area contributed by atoms with Crippen molar-refractivity contribution < 1.29 is 13.2 Å². The van der Waals surface area contributed by atoms with Crippen molar-refractivity contribution in [3.63, 3.8) is 0 Å². The number of hydrogen-bond acceptors (Lipinski definition) is 3. The summed E-state index contributed by atoms with van der Waals surface area (Å²) < 4.78 is 30.9. The van der Waals surface area contributed by atoms with Crippen molar-refractivity contribution in [2.24, 2.45) is 9.39 Å². The van der Waals surface area contributed by atoms with Crippen molar-refractivity contribution in [2.45, 2.75) is 4.90 Å². The Bertz CT molecular complexity index is 1170. The fourth-order valence-corrected chi connectivity index (χ4v) is 5.51. The lowest BCUT2D eigenvalue weighted by molar-refractivity contribution is -0.110. The van der Waals surface area contributed by atoms with Gasteiger partial charge < -0.3 is 0 Å². The Hall–Kier alpha value is -1.20. The number of ketones is 1. The zero-order valence-electron chi connectivity index (χ0n) is 14.3. The normalized spacial score (nSPS) is 15.8. The first kappa shape index (κ1) is 22.5. The molecule has 1 aliphatic carbocycles. The van der Waals surface area contributed by atoms with Gasteiger partial charge in [-0.15, -0.1) is 4.40 Å². The number of allylic oxidation sites excluding steroid dienone is 4. The molecule has 0 saturated heterocycles. The van der Waals surface area contributed by atoms with Crippen LogP contribution in [0.4, 0.5) is 0 Å². The van der Waals surface area contributed by atoms with Crippen molar-refractivity contribution in [3.8, 4) is 0 Å². The summed E-state index contributed by atoms with van der Waals surface area (Å²) in [6.45, 7) is 0. The summed E-state index contributed by atoms with van der Waals surface area (Å²) in [6.07, 6.45) is 0. The molecule has 0 N–H and O–H groups in total. The number of rotatable bonds is 3. The number of hydrogen-bond donors (Lipinski definition) is 0. The molecule has 0 amide bonds. The van der Waals surface area contributed by atoms with Crippen LogP contribution in [0.3, 0.4) is 0 Å². The highest BCUT2D eigenvalue weighted by Gasteiger charge is 2.29. The van der Waals surface area contributed by atoms with Crippen molar-refractivity contribution in [2.75, 3.05) is 0 Å². The minimum atomic E-state index is -4.00. The molecule has 29 heavy (non-hydrogen) atoms. The molecule has 0 bridgehead atoms. The molecule has 0 aliphatic heterocycles. The standard InChI is InChI=1S/C19H10Br4N2O3S/c20-13-15(22)18(26)16(23)14(21)17(13)24-19(11-7-3-1-4-8-11)25-29(27,28)12-9-5-2-6-10-12/h1-10H. The van der Waals surface area contributed by atoms with E-state index >= 15 is 0 Å². The smallest absolute Gasteiger partial charge is 0.284 e. The second-order valence-corrected chi connectivity index (χ2v) is 10.4. The minimum Gasteiger partial charge on any atom is -0.287 e. The summed E-state index contributed by atoms with van der Waals surface area (Å²) >= 11 is 13.2. The van der Waals surface area contributed by atoms with Gasteiger partial charge in [-0.1, -0.05) is 48.5 Å². The Morgan fingerprint density at radius 2 is 1.21 bits per heavy atom. The lowest BCUT2D eigenvalue weighted by Gasteiger charge is -2.15. The molecule has 0 aromatic heterocycles. The first-order chi connectivity index (χ1) is 13.7. The molecule has 0 saturated carbocycles. The summed E-state index contributed by atoms with van der Waals surface area (Å²) in [5.74, 6) is -0.300. The lowest BCUT2D eigenvalue weighted by atomic mass is 10.1. The van der Waals surface area contributed by atoms with Gasteiger partial charge in [-0.2, -0.15) is 8.42 Å². The van der Waals surface area contributed by atoms with E-state index < -0.39 is 10.0 Å². The second kappa shape index (κ2) is 9.30. The first-order valence-corrected chi connectivity index (χ1v) is 12.5. The molecule has 0 radical (unpaired) electrons. The lowest BCUT2D eigenvalue weighted by Crippen LogP contribution is -2.17. The van der Waals surface area contributed by atoms with Crippen LogP contribution < -0.4 is 0 Å². The SMILES string of the molecule is O=C1C(Br)=C(Br)C(=NC(=NS(=O)(=O)c2ccccc2)c2ccccc2)C(Br)=C1Br. The van der Waals surface area contributed by atoms with E-state index in [1.165, 1.54) is 12.1 Å². The van der Waals surface area contributed by atoms with Gasteiger partial charge in [-0.05, 0) is 75.9 Å². The molecule has 0 heterocycles. The van der Waals surface area contributed by atoms with Crippen molar-refractivity contribution in [1.29, 1.82) is 0 Å². The highest BCUT2D eigenvalue weighted by atomic mass is 79.9. The number of sulfonamides is 1. The molecule has 0 fully saturated rings. The average molecular weight is 666 g/mol. The van der Waals surface area contributed by atoms with Crippen molar-refractivity contribution >= 4 is 91.1 Å². The van der Waals surface area contributed by atoms with Gasteiger partial charge >= 0.3 is 0 Å². The summed E-state index contributed by atoms with van der Waals surface area (Å²) in [4.78, 5) is 16.7. The van der Waals surface area contributed by atoms with E-state index in [0.29, 0.717) is 20.2 Å². The van der Waals surface area contributed by atoms with E-state index in [4.69, 9.17) is 0 Å². The third kappa shape index (κ3) is 4.93. The Balaban J connectivity index is 2.24. The largest absolute Gasteiger partial charge is 0.287 e. The zero-order valence-corrected chi connectivity index (χ0v) is 21.5. The molecule has 10 heteroatoms. The molecule has 2 aromatic rings. The Morgan fingerprint density at radius 3 is 1.72 bits per heavy atom. The van der Waals surface area contributed by atoms with Gasteiger partial charge in [0.2, 0.25) is 5.78 Å². The van der Waals surface area contributed by atoms with Gasteiger partial charge in [0.15, 0.2) is 5.84 Å². The van der Waals surface area contributed by atoms with Crippen LogP contribution in [0.1, 0.15) is 5.56 Å². The number of Topliss-reactive ketones (excluding diaryl/α,β-unsaturated/α-hetero) is 1. The highest BCUT2D eigenvalue weighted by molar-refractivity contribution is 9.16. The molecule has 5 nitrogen and oxygen atoms in total. The summed E-state index contributed by atoms with van der Waals surface area (Å²) in [5.41, 5.74) is 0.818. The monoisotopic (exact) mass is 662 g/mol. The molecule has 0 atom stereocenters. The third-order valence-corrected chi connectivity index (χ3v) is 9.10. The van der Waals surface area contributed by atoms with E-state index in [0.717, 1.165) is 0 Å². The van der Waals surface area contributed by atoms with Gasteiger partial charge in [0.1, 0.15) is 0 Å². The zero-order chi connectivity index (χ0) is 21.2. The van der Waals surface area contributed by atoms with Crippen molar-refractivity contribution in [3.05, 3.63) is 84.2 Å². The molecule has 2 aromatic carbocycles. The van der Waals surface area contributed by atoms with E-state index in [1.54, 1.807) is 48.5 Å². The number of aliphatic imine (C=N–C) groups is 1. The molecular formula is C19H10Br4N2O3S. The summed E-state index contributed by atoms with van der Waals surface area (Å²) in [5, 5.41) is 0. The minimum absolute atomic E-state index is 0.0201. The van der Waals surface area contributed by atoms with E-state index in [9.17, 15) is 13.2 Å². The Morgan fingerprint density at radius 1 is 0.724 bits per heavy atom. The molecular weight excluding hydrogens is 656 g/mol. The maximum absolute atomic E-state index is 12.8. The topological polar surface area (TPSA) is 75.9 Å². The molecule has 0 unspecified atom stereocenters. The van der Waals surface area contributed by atoms with Crippen LogP contribution in [0, 0.1) is 0 Å². The first-order valence-electron chi connectivity index (χ1n) is 7.92. The molecule has 1 aliphatic rings. The predicted octanol–water partition coefficient (Wildman–Crippen LogP) is 5.85. The van der Waals surface area contributed by atoms with Crippen LogP contribution in [0.25, 0.3) is 0 Å². The maximum atomic E-state index is 12.8. The van der Waals surface area contributed by atoms with Crippen molar-refractivity contribution in [1.82, 2.24) is 0 Å². The number of carbonyl (C=O) groups is 1. The van der Waals surface area contributed by atoms with Gasteiger partial charge in [-0.3, -0.25) is 4.79 Å². The summed E-state index contributed by atoms with van der Waals surface area (Å²) in [6, 6.07) is 16.6. The van der Waals surface area contributed by atoms with Crippen LogP contribution >= 0.6 is 63.7 Å². The molecule has 148 valence electrons. The number of carbonyl (C=O) groups excluding carboxylic acids is 1. The van der Waals surface area contributed by atoms with Crippen LogP contribution in [-0.2, 0) is 14.8 Å². The molecule has 3 rings (SSSR count). The number of benzene rings is 2. The summed E-state index contributed by atoms with van der Waals surface area (Å²) in [7, 11) is -4.00. The number of amidine groups is 1. The van der Waals surface area contributed by atoms with E-state index in [2.05, 4.69) is 73.1 Å². The highest BCUT2D eigenvalue weighted by Crippen LogP contribution is 2.37. The van der Waals surface area contributed by atoms with Gasteiger partial charge in [0.25, 0.3) is 10.0 Å². The fourth-order valence-electron chi connectivity index (χ4n) is 2.29.